The molecular formula is C7H12O3. The highest BCUT2D eigenvalue weighted by molar-refractivity contribution is 4.96. The third kappa shape index (κ3) is 1.30. The van der Waals surface area contributed by atoms with Gasteiger partial charge in [-0.2, -0.15) is 0 Å². The molecule has 10 heavy (non-hydrogen) atoms. The fourth-order valence-corrected chi connectivity index (χ4v) is 0.979. The van der Waals surface area contributed by atoms with Gasteiger partial charge in [-0.1, -0.05) is 6.92 Å². The van der Waals surface area contributed by atoms with Crippen molar-refractivity contribution in [1.29, 1.82) is 0 Å². The number of rotatable bonds is 1. The van der Waals surface area contributed by atoms with Crippen LogP contribution >= 0.6 is 0 Å². The predicted molar refractivity (Wildman–Crippen MR) is 36.3 cm³/mol. The van der Waals surface area contributed by atoms with Gasteiger partial charge >= 0.3 is 0 Å². The van der Waals surface area contributed by atoms with Crippen molar-refractivity contribution in [1.82, 2.24) is 0 Å². The molecule has 1 aliphatic heterocycles. The highest BCUT2D eigenvalue weighted by Crippen LogP contribution is 2.14. The van der Waals surface area contributed by atoms with Gasteiger partial charge in [-0.05, 0) is 12.5 Å². The quantitative estimate of drug-likeness (QED) is 0.546. The molecular weight excluding hydrogens is 132 g/mol. The molecule has 3 heteroatoms. The van der Waals surface area contributed by atoms with E-state index >= 15 is 0 Å². The summed E-state index contributed by atoms with van der Waals surface area (Å²) in [6.45, 7) is 1.90. The lowest BCUT2D eigenvalue weighted by Crippen LogP contribution is -2.39. The van der Waals surface area contributed by atoms with Gasteiger partial charge in [0.2, 0.25) is 0 Å². The van der Waals surface area contributed by atoms with E-state index in [-0.39, 0.29) is 6.10 Å². The third-order valence-corrected chi connectivity index (χ3v) is 1.66. The van der Waals surface area contributed by atoms with Gasteiger partial charge in [-0.25, -0.2) is 0 Å². The van der Waals surface area contributed by atoms with Crippen LogP contribution in [0, 0.1) is 0 Å². The van der Waals surface area contributed by atoms with Crippen LogP contribution in [0.3, 0.4) is 0 Å². The zero-order valence-electron chi connectivity index (χ0n) is 5.90. The van der Waals surface area contributed by atoms with Crippen molar-refractivity contribution in [2.45, 2.75) is 31.7 Å². The summed E-state index contributed by atoms with van der Waals surface area (Å²) in [4.78, 5) is 0. The van der Waals surface area contributed by atoms with Crippen molar-refractivity contribution in [3.8, 4) is 0 Å². The number of aliphatic hydroxyl groups excluding tert-OH is 2. The average Bonchev–Trinajstić information content (AvgIpc) is 1.95. The van der Waals surface area contributed by atoms with E-state index in [0.29, 0.717) is 6.42 Å². The van der Waals surface area contributed by atoms with Gasteiger partial charge in [-0.3, -0.25) is 0 Å². The fourth-order valence-electron chi connectivity index (χ4n) is 0.979. The first-order valence-corrected chi connectivity index (χ1v) is 3.44. The lowest BCUT2D eigenvalue weighted by molar-refractivity contribution is -0.0634. The molecule has 0 saturated carbocycles. The molecule has 1 rings (SSSR count). The second kappa shape index (κ2) is 3.03. The maximum atomic E-state index is 9.21. The minimum absolute atomic E-state index is 0.250. The molecule has 2 N–H and O–H groups in total. The number of hydrogen-bond donors (Lipinski definition) is 2. The third-order valence-electron chi connectivity index (χ3n) is 1.66. The first-order chi connectivity index (χ1) is 4.75. The molecule has 58 valence electrons. The van der Waals surface area contributed by atoms with Gasteiger partial charge in [0.05, 0.1) is 6.26 Å². The summed E-state index contributed by atoms with van der Waals surface area (Å²) in [6.07, 6.45) is 1.80. The van der Waals surface area contributed by atoms with E-state index in [2.05, 4.69) is 0 Å². The molecule has 0 bridgehead atoms. The smallest absolute Gasteiger partial charge is 0.126 e. The van der Waals surface area contributed by atoms with Crippen LogP contribution < -0.4 is 0 Å². The monoisotopic (exact) mass is 144 g/mol. The van der Waals surface area contributed by atoms with E-state index in [1.54, 1.807) is 0 Å². The molecule has 0 saturated heterocycles. The zero-order chi connectivity index (χ0) is 7.56. The van der Waals surface area contributed by atoms with E-state index in [9.17, 15) is 5.11 Å². The first-order valence-electron chi connectivity index (χ1n) is 3.44. The summed E-state index contributed by atoms with van der Waals surface area (Å²) in [6, 6.07) is 0. The Morgan fingerprint density at radius 2 is 2.20 bits per heavy atom. The lowest BCUT2D eigenvalue weighted by atomic mass is 10.0. The normalized spacial score (nSPS) is 39.3. The SMILES string of the molecule is CC[C@H]1OC=C[C@@H](O)[C@@H]1O. The van der Waals surface area contributed by atoms with Crippen molar-refractivity contribution >= 4 is 0 Å². The summed E-state index contributed by atoms with van der Waals surface area (Å²) < 4.78 is 5.02. The van der Waals surface area contributed by atoms with E-state index in [4.69, 9.17) is 9.84 Å². The topological polar surface area (TPSA) is 49.7 Å². The molecule has 3 atom stereocenters. The second-order valence-corrected chi connectivity index (χ2v) is 2.39. The van der Waals surface area contributed by atoms with Crippen LogP contribution in [0.4, 0.5) is 0 Å². The van der Waals surface area contributed by atoms with Crippen LogP contribution in [0.2, 0.25) is 0 Å². The van der Waals surface area contributed by atoms with Crippen LogP contribution in [-0.4, -0.2) is 28.5 Å². The van der Waals surface area contributed by atoms with Crippen molar-refractivity contribution in [2.24, 2.45) is 0 Å². The molecule has 0 spiro atoms. The molecule has 0 unspecified atom stereocenters. The van der Waals surface area contributed by atoms with Gasteiger partial charge in [0.15, 0.2) is 0 Å². The minimum atomic E-state index is -0.769. The number of aliphatic hydroxyl groups is 2. The highest BCUT2D eigenvalue weighted by atomic mass is 16.5. The van der Waals surface area contributed by atoms with Gasteiger partial charge in [-0.15, -0.1) is 0 Å². The summed E-state index contributed by atoms with van der Waals surface area (Å²) >= 11 is 0. The summed E-state index contributed by atoms with van der Waals surface area (Å²) in [5, 5.41) is 18.3. The zero-order valence-corrected chi connectivity index (χ0v) is 5.90. The fraction of sp³-hybridized carbons (Fsp3) is 0.714. The maximum absolute atomic E-state index is 9.21. The van der Waals surface area contributed by atoms with Gasteiger partial charge in [0.25, 0.3) is 0 Å². The highest BCUT2D eigenvalue weighted by Gasteiger charge is 2.26. The largest absolute Gasteiger partial charge is 0.495 e. The van der Waals surface area contributed by atoms with E-state index < -0.39 is 12.2 Å². The van der Waals surface area contributed by atoms with Gasteiger partial charge in [0, 0.05) is 0 Å². The Morgan fingerprint density at radius 3 is 2.70 bits per heavy atom. The van der Waals surface area contributed by atoms with E-state index in [1.807, 2.05) is 6.92 Å². The van der Waals surface area contributed by atoms with Crippen molar-refractivity contribution in [3.63, 3.8) is 0 Å². The Balaban J connectivity index is 2.56. The van der Waals surface area contributed by atoms with Crippen LogP contribution in [0.25, 0.3) is 0 Å². The minimum Gasteiger partial charge on any atom is -0.495 e. The summed E-state index contributed by atoms with van der Waals surface area (Å²) in [5.41, 5.74) is 0. The molecule has 3 nitrogen and oxygen atoms in total. The standard InChI is InChI=1S/C7H12O3/c1-2-6-7(9)5(8)3-4-10-6/h3-9H,2H2,1H3/t5-,6-,7+/m1/s1. The molecule has 0 radical (unpaired) electrons. The van der Waals surface area contributed by atoms with Crippen molar-refractivity contribution < 1.29 is 14.9 Å². The van der Waals surface area contributed by atoms with Crippen molar-refractivity contribution in [2.75, 3.05) is 0 Å². The molecule has 1 heterocycles. The van der Waals surface area contributed by atoms with E-state index in [0.717, 1.165) is 0 Å². The van der Waals surface area contributed by atoms with Gasteiger partial charge in [0.1, 0.15) is 18.3 Å². The van der Waals surface area contributed by atoms with Crippen molar-refractivity contribution in [3.05, 3.63) is 12.3 Å². The average molecular weight is 144 g/mol. The molecule has 0 aromatic carbocycles. The lowest BCUT2D eigenvalue weighted by Gasteiger charge is -2.27. The maximum Gasteiger partial charge on any atom is 0.126 e. The first kappa shape index (κ1) is 7.57. The Labute approximate surface area is 59.9 Å². The van der Waals surface area contributed by atoms with Gasteiger partial charge < -0.3 is 14.9 Å². The molecule has 0 aromatic rings. The Kier molecular flexibility index (Phi) is 2.29. The molecule has 0 fully saturated rings. The summed E-state index contributed by atoms with van der Waals surface area (Å²) in [5.74, 6) is 0. The molecule has 0 aliphatic carbocycles. The Morgan fingerprint density at radius 1 is 1.50 bits per heavy atom. The predicted octanol–water partition coefficient (Wildman–Crippen LogP) is 0.0307. The number of ether oxygens (including phenoxy) is 1. The van der Waals surface area contributed by atoms with Crippen LogP contribution in [-0.2, 0) is 4.74 Å². The number of hydrogen-bond acceptors (Lipinski definition) is 3. The Bertz CT molecular complexity index is 133. The summed E-state index contributed by atoms with van der Waals surface area (Å²) in [7, 11) is 0. The molecule has 0 amide bonds. The Hall–Kier alpha value is -0.540. The van der Waals surface area contributed by atoms with Crippen LogP contribution in [0.1, 0.15) is 13.3 Å². The van der Waals surface area contributed by atoms with Crippen LogP contribution in [0.5, 0.6) is 0 Å². The molecule has 0 aromatic heterocycles. The van der Waals surface area contributed by atoms with Crippen LogP contribution in [0.15, 0.2) is 12.3 Å². The van der Waals surface area contributed by atoms with E-state index in [1.165, 1.54) is 12.3 Å². The molecule has 1 aliphatic rings. The second-order valence-electron chi connectivity index (χ2n) is 2.39.